The van der Waals surface area contributed by atoms with Gasteiger partial charge in [-0.05, 0) is 49.4 Å². The van der Waals surface area contributed by atoms with Crippen LogP contribution in [0.25, 0.3) is 0 Å². The van der Waals surface area contributed by atoms with Crippen molar-refractivity contribution in [2.24, 2.45) is 0 Å². The molecule has 2 aromatic carbocycles. The second kappa shape index (κ2) is 9.28. The zero-order chi connectivity index (χ0) is 18.2. The maximum Gasteiger partial charge on any atom is 0.220 e. The van der Waals surface area contributed by atoms with E-state index in [1.165, 1.54) is 6.07 Å². The van der Waals surface area contributed by atoms with Crippen molar-refractivity contribution < 1.29 is 18.7 Å². The van der Waals surface area contributed by atoms with Crippen molar-refractivity contribution in [1.29, 1.82) is 0 Å². The smallest absolute Gasteiger partial charge is 0.220 e. The normalized spacial score (nSPS) is 13.3. The minimum Gasteiger partial charge on any atom is -0.388 e. The van der Waals surface area contributed by atoms with Crippen LogP contribution in [-0.4, -0.2) is 17.1 Å². The summed E-state index contributed by atoms with van der Waals surface area (Å²) in [5.74, 6) is -1.85. The molecule has 5 heteroatoms. The van der Waals surface area contributed by atoms with E-state index in [0.29, 0.717) is 31.2 Å². The van der Waals surface area contributed by atoms with Crippen LogP contribution < -0.4 is 5.32 Å². The quantitative estimate of drug-likeness (QED) is 0.760. The number of carbonyl (C=O) groups is 1. The summed E-state index contributed by atoms with van der Waals surface area (Å²) in [7, 11) is 0. The van der Waals surface area contributed by atoms with Gasteiger partial charge in [0, 0.05) is 12.5 Å². The van der Waals surface area contributed by atoms with Crippen LogP contribution >= 0.6 is 0 Å². The van der Waals surface area contributed by atoms with Gasteiger partial charge in [-0.2, -0.15) is 0 Å². The van der Waals surface area contributed by atoms with Gasteiger partial charge in [-0.25, -0.2) is 8.78 Å². The second-order valence-corrected chi connectivity index (χ2v) is 6.23. The van der Waals surface area contributed by atoms with Crippen molar-refractivity contribution in [3.05, 3.63) is 71.3 Å². The molecule has 0 aromatic heterocycles. The van der Waals surface area contributed by atoms with Gasteiger partial charge < -0.3 is 10.4 Å². The van der Waals surface area contributed by atoms with E-state index in [1.54, 1.807) is 0 Å². The fourth-order valence-corrected chi connectivity index (χ4v) is 2.70. The van der Waals surface area contributed by atoms with Crippen LogP contribution in [0, 0.1) is 11.6 Å². The van der Waals surface area contributed by atoms with Crippen LogP contribution in [0.1, 0.15) is 43.4 Å². The molecule has 2 aromatic rings. The van der Waals surface area contributed by atoms with Gasteiger partial charge in [-0.3, -0.25) is 4.79 Å². The van der Waals surface area contributed by atoms with E-state index in [4.69, 9.17) is 0 Å². The maximum absolute atomic E-state index is 13.1. The molecule has 0 saturated heterocycles. The van der Waals surface area contributed by atoms with Crippen molar-refractivity contribution in [3.8, 4) is 0 Å². The number of aryl methyl sites for hydroxylation is 1. The Bertz CT molecular complexity index is 691. The number of amides is 1. The number of carbonyl (C=O) groups excluding carboxylic acids is 1. The van der Waals surface area contributed by atoms with E-state index in [9.17, 15) is 18.7 Å². The molecule has 2 unspecified atom stereocenters. The average Bonchev–Trinajstić information content (AvgIpc) is 2.58. The van der Waals surface area contributed by atoms with Crippen LogP contribution in [0.5, 0.6) is 0 Å². The summed E-state index contributed by atoms with van der Waals surface area (Å²) in [6.45, 7) is 1.85. The number of aliphatic hydroxyl groups excluding tert-OH is 1. The van der Waals surface area contributed by atoms with Gasteiger partial charge in [0.15, 0.2) is 11.6 Å². The number of aliphatic hydroxyl groups is 1. The molecule has 0 aliphatic carbocycles. The van der Waals surface area contributed by atoms with Crippen molar-refractivity contribution in [2.75, 3.05) is 0 Å². The molecular formula is C20H23F2NO2. The Morgan fingerprint density at radius 1 is 1.12 bits per heavy atom. The third kappa shape index (κ3) is 6.27. The average molecular weight is 347 g/mol. The Morgan fingerprint density at radius 2 is 1.84 bits per heavy atom. The van der Waals surface area contributed by atoms with Crippen LogP contribution in [0.3, 0.4) is 0 Å². The van der Waals surface area contributed by atoms with Gasteiger partial charge in [0.25, 0.3) is 0 Å². The van der Waals surface area contributed by atoms with Crippen LogP contribution in [0.4, 0.5) is 8.78 Å². The van der Waals surface area contributed by atoms with Crippen LogP contribution in [-0.2, 0) is 11.2 Å². The van der Waals surface area contributed by atoms with Crippen LogP contribution in [0.15, 0.2) is 48.5 Å². The summed E-state index contributed by atoms with van der Waals surface area (Å²) in [6, 6.07) is 12.9. The number of hydrogen-bond donors (Lipinski definition) is 2. The zero-order valence-corrected chi connectivity index (χ0v) is 14.2. The zero-order valence-electron chi connectivity index (χ0n) is 14.2. The number of hydrogen-bond acceptors (Lipinski definition) is 2. The lowest BCUT2D eigenvalue weighted by atomic mass is 10.0. The molecule has 0 fully saturated rings. The Labute approximate surface area is 146 Å². The van der Waals surface area contributed by atoms with E-state index in [-0.39, 0.29) is 11.9 Å². The standard InChI is InChI=1S/C20H23F2NO2/c1-14(12-19(24)16-7-3-2-4-8-16)23-20(25)9-5-6-15-10-11-17(21)18(22)13-15/h2-4,7-8,10-11,13-14,19,24H,5-6,9,12H2,1H3,(H,23,25). The fourth-order valence-electron chi connectivity index (χ4n) is 2.70. The first kappa shape index (κ1) is 19.1. The summed E-state index contributed by atoms with van der Waals surface area (Å²) < 4.78 is 26.0. The van der Waals surface area contributed by atoms with Crippen molar-refractivity contribution in [3.63, 3.8) is 0 Å². The van der Waals surface area contributed by atoms with E-state index in [1.807, 2.05) is 37.3 Å². The van der Waals surface area contributed by atoms with E-state index in [0.717, 1.165) is 17.7 Å². The lowest BCUT2D eigenvalue weighted by molar-refractivity contribution is -0.121. The highest BCUT2D eigenvalue weighted by atomic mass is 19.2. The SMILES string of the molecule is CC(CC(O)c1ccccc1)NC(=O)CCCc1ccc(F)c(F)c1. The summed E-state index contributed by atoms with van der Waals surface area (Å²) in [6.07, 6.45) is 1.15. The highest BCUT2D eigenvalue weighted by molar-refractivity contribution is 5.76. The molecule has 1 amide bonds. The van der Waals surface area contributed by atoms with E-state index < -0.39 is 17.7 Å². The minimum atomic E-state index is -0.870. The fraction of sp³-hybridized carbons (Fsp3) is 0.350. The Balaban J connectivity index is 1.71. The molecule has 0 aliphatic rings. The van der Waals surface area contributed by atoms with Gasteiger partial charge >= 0.3 is 0 Å². The Kier molecular flexibility index (Phi) is 7.07. The van der Waals surface area contributed by atoms with Gasteiger partial charge in [-0.15, -0.1) is 0 Å². The molecule has 0 saturated carbocycles. The van der Waals surface area contributed by atoms with Crippen molar-refractivity contribution >= 4 is 5.91 Å². The maximum atomic E-state index is 13.1. The van der Waals surface area contributed by atoms with Gasteiger partial charge in [0.2, 0.25) is 5.91 Å². The lowest BCUT2D eigenvalue weighted by Crippen LogP contribution is -2.33. The molecule has 0 bridgehead atoms. The number of benzene rings is 2. The predicted molar refractivity (Wildman–Crippen MR) is 92.9 cm³/mol. The molecule has 134 valence electrons. The molecule has 2 N–H and O–H groups in total. The summed E-state index contributed by atoms with van der Waals surface area (Å²) in [4.78, 5) is 12.0. The Morgan fingerprint density at radius 3 is 2.52 bits per heavy atom. The molecule has 0 heterocycles. The number of nitrogens with one attached hydrogen (secondary N) is 1. The number of rotatable bonds is 8. The summed E-state index contributed by atoms with van der Waals surface area (Å²) in [5, 5.41) is 13.0. The van der Waals surface area contributed by atoms with E-state index in [2.05, 4.69) is 5.32 Å². The van der Waals surface area contributed by atoms with E-state index >= 15 is 0 Å². The molecule has 2 atom stereocenters. The predicted octanol–water partition coefficient (Wildman–Crippen LogP) is 3.92. The molecule has 25 heavy (non-hydrogen) atoms. The molecular weight excluding hydrogens is 324 g/mol. The van der Waals surface area contributed by atoms with Gasteiger partial charge in [0.05, 0.1) is 6.10 Å². The summed E-state index contributed by atoms with van der Waals surface area (Å²) in [5.41, 5.74) is 1.49. The third-order valence-electron chi connectivity index (χ3n) is 4.02. The van der Waals surface area contributed by atoms with Gasteiger partial charge in [0.1, 0.15) is 0 Å². The topological polar surface area (TPSA) is 49.3 Å². The minimum absolute atomic E-state index is 0.115. The first-order valence-corrected chi connectivity index (χ1v) is 8.42. The highest BCUT2D eigenvalue weighted by Crippen LogP contribution is 2.18. The Hall–Kier alpha value is -2.27. The van der Waals surface area contributed by atoms with Gasteiger partial charge in [-0.1, -0.05) is 36.4 Å². The van der Waals surface area contributed by atoms with Crippen LogP contribution in [0.2, 0.25) is 0 Å². The number of halogens is 2. The lowest BCUT2D eigenvalue weighted by Gasteiger charge is -2.18. The third-order valence-corrected chi connectivity index (χ3v) is 4.02. The first-order chi connectivity index (χ1) is 12.0. The first-order valence-electron chi connectivity index (χ1n) is 8.42. The monoisotopic (exact) mass is 347 g/mol. The van der Waals surface area contributed by atoms with Crippen molar-refractivity contribution in [2.45, 2.75) is 44.8 Å². The highest BCUT2D eigenvalue weighted by Gasteiger charge is 2.14. The summed E-state index contributed by atoms with van der Waals surface area (Å²) >= 11 is 0. The van der Waals surface area contributed by atoms with Crippen molar-refractivity contribution in [1.82, 2.24) is 5.32 Å². The molecule has 3 nitrogen and oxygen atoms in total. The molecule has 0 radical (unpaired) electrons. The molecule has 0 aliphatic heterocycles. The largest absolute Gasteiger partial charge is 0.388 e. The molecule has 0 spiro atoms. The second-order valence-electron chi connectivity index (χ2n) is 6.23. The molecule has 2 rings (SSSR count).